The number of carbonyl (C=O) groups excluding carboxylic acids is 1. The van der Waals surface area contributed by atoms with Crippen molar-refractivity contribution in [1.29, 1.82) is 0 Å². The molecule has 4 nitrogen and oxygen atoms in total. The van der Waals surface area contributed by atoms with Crippen molar-refractivity contribution in [2.45, 2.75) is 38.8 Å². The molecular weight excluding hydrogens is 216 g/mol. The van der Waals surface area contributed by atoms with Crippen LogP contribution in [0.4, 0.5) is 0 Å². The fourth-order valence-electron chi connectivity index (χ4n) is 2.43. The molecule has 2 aliphatic rings. The van der Waals surface area contributed by atoms with E-state index in [1.54, 1.807) is 0 Å². The van der Waals surface area contributed by atoms with E-state index >= 15 is 0 Å². The summed E-state index contributed by atoms with van der Waals surface area (Å²) in [6.07, 6.45) is 2.57. The molecule has 0 radical (unpaired) electrons. The molecule has 0 spiro atoms. The largest absolute Gasteiger partial charge is 0.379 e. The van der Waals surface area contributed by atoms with Gasteiger partial charge in [-0.05, 0) is 39.7 Å². The molecule has 2 fully saturated rings. The average Bonchev–Trinajstić information content (AvgIpc) is 2.99. The molecular formula is C13H24N2O2. The Morgan fingerprint density at radius 2 is 2.12 bits per heavy atom. The first-order valence-corrected chi connectivity index (χ1v) is 6.69. The van der Waals surface area contributed by atoms with Gasteiger partial charge in [-0.3, -0.25) is 4.79 Å². The Morgan fingerprint density at radius 1 is 1.41 bits per heavy atom. The fourth-order valence-corrected chi connectivity index (χ4v) is 2.43. The van der Waals surface area contributed by atoms with Gasteiger partial charge in [-0.2, -0.15) is 0 Å². The van der Waals surface area contributed by atoms with Crippen molar-refractivity contribution in [1.82, 2.24) is 10.2 Å². The van der Waals surface area contributed by atoms with E-state index in [0.29, 0.717) is 19.3 Å². The minimum Gasteiger partial charge on any atom is -0.379 e. The third kappa shape index (κ3) is 2.99. The second kappa shape index (κ2) is 5.36. The van der Waals surface area contributed by atoms with Crippen LogP contribution < -0.4 is 5.32 Å². The number of amides is 1. The number of rotatable bonds is 5. The Balaban J connectivity index is 1.98. The van der Waals surface area contributed by atoms with Gasteiger partial charge in [0, 0.05) is 18.6 Å². The standard InChI is InChI=1S/C13H24N2O2/c1-9(2)15(6-10-4-5-10)13(16)11-7-17-8-12(11)14-3/h9-12,14H,4-8H2,1-3H3. The van der Waals surface area contributed by atoms with Gasteiger partial charge in [0.1, 0.15) is 0 Å². The molecule has 2 atom stereocenters. The van der Waals surface area contributed by atoms with E-state index in [1.807, 2.05) is 11.9 Å². The summed E-state index contributed by atoms with van der Waals surface area (Å²) in [6, 6.07) is 0.476. The maximum absolute atomic E-state index is 12.5. The van der Waals surface area contributed by atoms with Crippen LogP contribution in [0.2, 0.25) is 0 Å². The summed E-state index contributed by atoms with van der Waals surface area (Å²) in [5.74, 6) is 1.02. The van der Waals surface area contributed by atoms with Crippen LogP contribution >= 0.6 is 0 Å². The monoisotopic (exact) mass is 240 g/mol. The molecule has 2 rings (SSSR count). The molecule has 0 aromatic carbocycles. The maximum Gasteiger partial charge on any atom is 0.229 e. The molecule has 1 aliphatic carbocycles. The zero-order valence-corrected chi connectivity index (χ0v) is 11.1. The molecule has 0 aromatic heterocycles. The minimum absolute atomic E-state index is 0.00106. The van der Waals surface area contributed by atoms with Crippen LogP contribution in [0.15, 0.2) is 0 Å². The minimum atomic E-state index is 0.00106. The molecule has 17 heavy (non-hydrogen) atoms. The van der Waals surface area contributed by atoms with Gasteiger partial charge in [0.25, 0.3) is 0 Å². The third-order valence-corrected chi connectivity index (χ3v) is 3.83. The van der Waals surface area contributed by atoms with Crippen LogP contribution in [0.25, 0.3) is 0 Å². The van der Waals surface area contributed by atoms with Crippen molar-refractivity contribution in [2.24, 2.45) is 11.8 Å². The van der Waals surface area contributed by atoms with Gasteiger partial charge >= 0.3 is 0 Å². The van der Waals surface area contributed by atoms with Crippen LogP contribution in [0, 0.1) is 11.8 Å². The predicted octanol–water partition coefficient (Wildman–Crippen LogP) is 0.868. The summed E-state index contributed by atoms with van der Waals surface area (Å²) in [5.41, 5.74) is 0. The SMILES string of the molecule is CNC1COCC1C(=O)N(CC1CC1)C(C)C. The lowest BCUT2D eigenvalue weighted by molar-refractivity contribution is -0.138. The lowest BCUT2D eigenvalue weighted by Crippen LogP contribution is -2.48. The van der Waals surface area contributed by atoms with E-state index in [1.165, 1.54) is 12.8 Å². The summed E-state index contributed by atoms with van der Waals surface area (Å²) in [4.78, 5) is 14.6. The topological polar surface area (TPSA) is 41.6 Å². The first-order chi connectivity index (χ1) is 8.13. The molecule has 1 heterocycles. The summed E-state index contributed by atoms with van der Waals surface area (Å²) in [7, 11) is 1.90. The van der Waals surface area contributed by atoms with E-state index in [2.05, 4.69) is 19.2 Å². The highest BCUT2D eigenvalue weighted by Crippen LogP contribution is 2.31. The molecule has 1 saturated carbocycles. The maximum atomic E-state index is 12.5. The van der Waals surface area contributed by atoms with Crippen molar-refractivity contribution in [3.05, 3.63) is 0 Å². The summed E-state index contributed by atoms with van der Waals surface area (Å²) >= 11 is 0. The van der Waals surface area contributed by atoms with Crippen LogP contribution in [0.5, 0.6) is 0 Å². The van der Waals surface area contributed by atoms with Gasteiger partial charge < -0.3 is 15.0 Å². The van der Waals surface area contributed by atoms with Crippen molar-refractivity contribution in [3.8, 4) is 0 Å². The van der Waals surface area contributed by atoms with Crippen molar-refractivity contribution < 1.29 is 9.53 Å². The third-order valence-electron chi connectivity index (χ3n) is 3.83. The molecule has 0 bridgehead atoms. The molecule has 1 saturated heterocycles. The molecule has 98 valence electrons. The lowest BCUT2D eigenvalue weighted by Gasteiger charge is -2.30. The quantitative estimate of drug-likeness (QED) is 0.775. The van der Waals surface area contributed by atoms with Crippen molar-refractivity contribution >= 4 is 5.91 Å². The smallest absolute Gasteiger partial charge is 0.229 e. The van der Waals surface area contributed by atoms with E-state index < -0.39 is 0 Å². The van der Waals surface area contributed by atoms with Gasteiger partial charge in [0.15, 0.2) is 0 Å². The predicted molar refractivity (Wildman–Crippen MR) is 66.7 cm³/mol. The number of nitrogens with zero attached hydrogens (tertiary/aromatic N) is 1. The molecule has 1 aliphatic heterocycles. The molecule has 4 heteroatoms. The Morgan fingerprint density at radius 3 is 2.65 bits per heavy atom. The first-order valence-electron chi connectivity index (χ1n) is 6.69. The Labute approximate surface area is 104 Å². The Hall–Kier alpha value is -0.610. The van der Waals surface area contributed by atoms with E-state index in [9.17, 15) is 4.79 Å². The second-order valence-electron chi connectivity index (χ2n) is 5.57. The summed E-state index contributed by atoms with van der Waals surface area (Å²) in [6.45, 7) is 6.36. The zero-order chi connectivity index (χ0) is 12.4. The van der Waals surface area contributed by atoms with Crippen molar-refractivity contribution in [3.63, 3.8) is 0 Å². The first kappa shape index (κ1) is 12.8. The van der Waals surface area contributed by atoms with E-state index in [4.69, 9.17) is 4.74 Å². The normalized spacial score (nSPS) is 28.7. The molecule has 1 N–H and O–H groups in total. The van der Waals surface area contributed by atoms with Gasteiger partial charge in [-0.1, -0.05) is 0 Å². The van der Waals surface area contributed by atoms with E-state index in [0.717, 1.165) is 12.5 Å². The second-order valence-corrected chi connectivity index (χ2v) is 5.57. The summed E-state index contributed by atoms with van der Waals surface area (Å²) < 4.78 is 5.42. The highest BCUT2D eigenvalue weighted by molar-refractivity contribution is 5.80. The van der Waals surface area contributed by atoms with Gasteiger partial charge in [-0.15, -0.1) is 0 Å². The van der Waals surface area contributed by atoms with Crippen molar-refractivity contribution in [2.75, 3.05) is 26.8 Å². The van der Waals surface area contributed by atoms with Crippen LogP contribution in [0.1, 0.15) is 26.7 Å². The van der Waals surface area contributed by atoms with Gasteiger partial charge in [0.2, 0.25) is 5.91 Å². The molecule has 2 unspecified atom stereocenters. The molecule has 0 aromatic rings. The fraction of sp³-hybridized carbons (Fsp3) is 0.923. The number of ether oxygens (including phenoxy) is 1. The van der Waals surface area contributed by atoms with Crippen LogP contribution in [0.3, 0.4) is 0 Å². The summed E-state index contributed by atoms with van der Waals surface area (Å²) in [5, 5.41) is 3.19. The van der Waals surface area contributed by atoms with Gasteiger partial charge in [0.05, 0.1) is 19.1 Å². The van der Waals surface area contributed by atoms with Crippen LogP contribution in [-0.2, 0) is 9.53 Å². The highest BCUT2D eigenvalue weighted by Gasteiger charge is 2.38. The van der Waals surface area contributed by atoms with E-state index in [-0.39, 0.29) is 17.9 Å². The zero-order valence-electron chi connectivity index (χ0n) is 11.1. The number of hydrogen-bond donors (Lipinski definition) is 1. The number of nitrogens with one attached hydrogen (secondary N) is 1. The van der Waals surface area contributed by atoms with Gasteiger partial charge in [-0.25, -0.2) is 0 Å². The number of hydrogen-bond acceptors (Lipinski definition) is 3. The van der Waals surface area contributed by atoms with Crippen LogP contribution in [-0.4, -0.2) is 49.7 Å². The molecule has 1 amide bonds. The lowest BCUT2D eigenvalue weighted by atomic mass is 10.0. The number of carbonyl (C=O) groups is 1. The number of likely N-dealkylation sites (N-methyl/N-ethyl adjacent to an activating group) is 1. The highest BCUT2D eigenvalue weighted by atomic mass is 16.5. The Bertz CT molecular complexity index is 277. The Kier molecular flexibility index (Phi) is 4.05. The average molecular weight is 240 g/mol.